The zero-order valence-corrected chi connectivity index (χ0v) is 18.5. The quantitative estimate of drug-likeness (QED) is 0.387. The summed E-state index contributed by atoms with van der Waals surface area (Å²) in [4.78, 5) is 12.8. The molecule has 0 spiro atoms. The van der Waals surface area contributed by atoms with Gasteiger partial charge in [0.2, 0.25) is 11.6 Å². The van der Waals surface area contributed by atoms with Crippen LogP contribution >= 0.6 is 0 Å². The number of hydrogen-bond acceptors (Lipinski definition) is 8. The van der Waals surface area contributed by atoms with E-state index in [1.54, 1.807) is 12.1 Å². The normalized spacial score (nSPS) is 12.1. The van der Waals surface area contributed by atoms with Crippen LogP contribution in [-0.2, 0) is 24.2 Å². The van der Waals surface area contributed by atoms with Crippen LogP contribution in [0.25, 0.3) is 22.2 Å². The van der Waals surface area contributed by atoms with Crippen molar-refractivity contribution in [1.29, 1.82) is 0 Å². The van der Waals surface area contributed by atoms with Crippen LogP contribution in [0.1, 0.15) is 27.4 Å². The van der Waals surface area contributed by atoms with E-state index in [0.29, 0.717) is 28.4 Å². The number of aromatic nitrogens is 2. The lowest BCUT2D eigenvalue weighted by molar-refractivity contribution is 0.0441. The second-order valence-electron chi connectivity index (χ2n) is 7.60. The zero-order chi connectivity index (χ0) is 22.9. The number of esters is 1. The van der Waals surface area contributed by atoms with Crippen molar-refractivity contribution in [2.24, 2.45) is 0 Å². The maximum absolute atomic E-state index is 12.8. The third-order valence-corrected chi connectivity index (χ3v) is 5.80. The van der Waals surface area contributed by atoms with Gasteiger partial charge in [-0.05, 0) is 52.9 Å². The highest BCUT2D eigenvalue weighted by atomic mass is 16.5. The Bertz CT molecular complexity index is 1330. The van der Waals surface area contributed by atoms with Crippen molar-refractivity contribution in [3.05, 3.63) is 65.0 Å². The lowest BCUT2D eigenvalue weighted by Gasteiger charge is -2.12. The van der Waals surface area contributed by atoms with Crippen LogP contribution < -0.4 is 14.2 Å². The van der Waals surface area contributed by atoms with Gasteiger partial charge >= 0.3 is 5.97 Å². The first-order valence-corrected chi connectivity index (χ1v) is 10.5. The number of carbonyl (C=O) groups is 1. The Morgan fingerprint density at radius 3 is 2.36 bits per heavy atom. The van der Waals surface area contributed by atoms with E-state index >= 15 is 0 Å². The largest absolute Gasteiger partial charge is 0.493 e. The van der Waals surface area contributed by atoms with Crippen LogP contribution in [0.4, 0.5) is 0 Å². The van der Waals surface area contributed by atoms with Crippen molar-refractivity contribution in [2.45, 2.75) is 19.4 Å². The average molecular weight is 446 g/mol. The van der Waals surface area contributed by atoms with Crippen LogP contribution in [0.2, 0.25) is 0 Å². The molecule has 1 aliphatic carbocycles. The van der Waals surface area contributed by atoms with Gasteiger partial charge in [0.25, 0.3) is 5.89 Å². The molecule has 33 heavy (non-hydrogen) atoms. The van der Waals surface area contributed by atoms with Gasteiger partial charge in [-0.1, -0.05) is 24.3 Å². The number of rotatable bonds is 7. The first-order chi connectivity index (χ1) is 16.1. The molecule has 1 heterocycles. The van der Waals surface area contributed by atoms with E-state index in [1.807, 2.05) is 24.3 Å². The monoisotopic (exact) mass is 446 g/mol. The zero-order valence-electron chi connectivity index (χ0n) is 18.5. The van der Waals surface area contributed by atoms with E-state index in [1.165, 1.54) is 32.5 Å². The van der Waals surface area contributed by atoms with Gasteiger partial charge in [-0.15, -0.1) is 10.2 Å². The fourth-order valence-electron chi connectivity index (χ4n) is 4.26. The third kappa shape index (κ3) is 3.63. The molecule has 0 N–H and O–H groups in total. The molecule has 8 nitrogen and oxygen atoms in total. The highest BCUT2D eigenvalue weighted by molar-refractivity contribution is 6.07. The van der Waals surface area contributed by atoms with Gasteiger partial charge in [0.1, 0.15) is 0 Å². The average Bonchev–Trinajstić information content (AvgIpc) is 3.50. The molecule has 0 bridgehead atoms. The van der Waals surface area contributed by atoms with Crippen LogP contribution in [0, 0.1) is 0 Å². The van der Waals surface area contributed by atoms with Gasteiger partial charge in [0.15, 0.2) is 18.1 Å². The minimum Gasteiger partial charge on any atom is -0.493 e. The number of nitrogens with zero attached hydrogens (tertiary/aromatic N) is 2. The van der Waals surface area contributed by atoms with E-state index in [4.69, 9.17) is 23.4 Å². The number of benzene rings is 3. The Morgan fingerprint density at radius 1 is 0.939 bits per heavy atom. The van der Waals surface area contributed by atoms with Gasteiger partial charge in [0.05, 0.1) is 26.9 Å². The summed E-state index contributed by atoms with van der Waals surface area (Å²) in [5, 5.41) is 10.1. The second kappa shape index (κ2) is 8.46. The molecule has 168 valence electrons. The predicted molar refractivity (Wildman–Crippen MR) is 120 cm³/mol. The van der Waals surface area contributed by atoms with E-state index in [0.717, 1.165) is 23.6 Å². The van der Waals surface area contributed by atoms with Gasteiger partial charge in [0, 0.05) is 5.56 Å². The summed E-state index contributed by atoms with van der Waals surface area (Å²) in [6.07, 6.45) is 1.99. The molecule has 0 fully saturated rings. The number of ether oxygens (including phenoxy) is 4. The number of aryl methyl sites for hydroxylation is 2. The van der Waals surface area contributed by atoms with Crippen molar-refractivity contribution in [3.8, 4) is 28.7 Å². The lowest BCUT2D eigenvalue weighted by atomic mass is 10.00. The Hall–Kier alpha value is -4.07. The highest BCUT2D eigenvalue weighted by Gasteiger charge is 2.21. The SMILES string of the molecule is COc1cc(-c2nnc(COC(=O)c3ccc4c5c(cccc35)CC4)o2)cc(OC)c1OC. The molecule has 1 aromatic heterocycles. The van der Waals surface area contributed by atoms with E-state index in [2.05, 4.69) is 16.3 Å². The smallest absolute Gasteiger partial charge is 0.339 e. The second-order valence-corrected chi connectivity index (χ2v) is 7.60. The molecule has 0 amide bonds. The maximum Gasteiger partial charge on any atom is 0.339 e. The van der Waals surface area contributed by atoms with Crippen molar-refractivity contribution < 1.29 is 28.2 Å². The first kappa shape index (κ1) is 20.8. The topological polar surface area (TPSA) is 92.9 Å². The molecule has 0 saturated heterocycles. The van der Waals surface area contributed by atoms with Crippen molar-refractivity contribution in [3.63, 3.8) is 0 Å². The third-order valence-electron chi connectivity index (χ3n) is 5.80. The van der Waals surface area contributed by atoms with Gasteiger partial charge in [-0.2, -0.15) is 0 Å². The van der Waals surface area contributed by atoms with Crippen molar-refractivity contribution >= 4 is 16.7 Å². The van der Waals surface area contributed by atoms with E-state index in [-0.39, 0.29) is 18.4 Å². The molecular weight excluding hydrogens is 424 g/mol. The molecule has 8 heteroatoms. The molecule has 0 aliphatic heterocycles. The fraction of sp³-hybridized carbons (Fsp3) is 0.240. The molecule has 0 saturated carbocycles. The summed E-state index contributed by atoms with van der Waals surface area (Å²) in [7, 11) is 4.58. The molecule has 5 rings (SSSR count). The minimum absolute atomic E-state index is 0.140. The fourth-order valence-corrected chi connectivity index (χ4v) is 4.26. The summed E-state index contributed by atoms with van der Waals surface area (Å²) >= 11 is 0. The molecule has 0 atom stereocenters. The van der Waals surface area contributed by atoms with Crippen molar-refractivity contribution in [1.82, 2.24) is 10.2 Å². The lowest BCUT2D eigenvalue weighted by Crippen LogP contribution is -2.06. The Morgan fingerprint density at radius 2 is 1.67 bits per heavy atom. The molecule has 1 aliphatic rings. The maximum atomic E-state index is 12.8. The van der Waals surface area contributed by atoms with Gasteiger partial charge < -0.3 is 23.4 Å². The highest BCUT2D eigenvalue weighted by Crippen LogP contribution is 2.41. The van der Waals surface area contributed by atoms with E-state index in [9.17, 15) is 4.79 Å². The standard InChI is InChI=1S/C25H22N2O6/c1-29-19-11-16(12-20(30-2)23(19)31-3)24-27-26-21(33-24)13-32-25(28)18-10-9-15-8-7-14-5-4-6-17(18)22(14)15/h4-6,9-12H,7-8,13H2,1-3H3. The Kier molecular flexibility index (Phi) is 5.34. The minimum atomic E-state index is -0.432. The number of hydrogen-bond donors (Lipinski definition) is 0. The molecule has 4 aromatic rings. The van der Waals surface area contributed by atoms with Crippen LogP contribution in [0.3, 0.4) is 0 Å². The molecule has 3 aromatic carbocycles. The molecular formula is C25H22N2O6. The Balaban J connectivity index is 1.36. The van der Waals surface area contributed by atoms with Crippen LogP contribution in [-0.4, -0.2) is 37.5 Å². The van der Waals surface area contributed by atoms with Gasteiger partial charge in [-0.3, -0.25) is 0 Å². The first-order valence-electron chi connectivity index (χ1n) is 10.5. The van der Waals surface area contributed by atoms with Gasteiger partial charge in [-0.25, -0.2) is 4.79 Å². The summed E-state index contributed by atoms with van der Waals surface area (Å²) in [5.41, 5.74) is 3.65. The predicted octanol–water partition coefficient (Wildman–Crippen LogP) is 4.37. The molecule has 0 radical (unpaired) electrons. The van der Waals surface area contributed by atoms with E-state index < -0.39 is 5.97 Å². The van der Waals surface area contributed by atoms with Crippen LogP contribution in [0.15, 0.2) is 46.9 Å². The van der Waals surface area contributed by atoms with Crippen molar-refractivity contribution in [2.75, 3.05) is 21.3 Å². The number of methoxy groups -OCH3 is 3. The van der Waals surface area contributed by atoms with Crippen LogP contribution in [0.5, 0.6) is 17.2 Å². The molecule has 0 unspecified atom stereocenters. The Labute approximate surface area is 190 Å². The summed E-state index contributed by atoms with van der Waals surface area (Å²) in [6, 6.07) is 13.3. The number of carbonyl (C=O) groups excluding carboxylic acids is 1. The summed E-state index contributed by atoms with van der Waals surface area (Å²) in [6.45, 7) is -0.140. The summed E-state index contributed by atoms with van der Waals surface area (Å²) < 4.78 is 27.3. The summed E-state index contributed by atoms with van der Waals surface area (Å²) in [5.74, 6) is 1.37.